The third-order valence-corrected chi connectivity index (χ3v) is 6.76. The van der Waals surface area contributed by atoms with Gasteiger partial charge in [-0.15, -0.1) is 10.2 Å². The van der Waals surface area contributed by atoms with E-state index in [1.165, 1.54) is 11.1 Å². The van der Waals surface area contributed by atoms with E-state index in [9.17, 15) is 4.79 Å². The van der Waals surface area contributed by atoms with Crippen molar-refractivity contribution in [1.29, 1.82) is 0 Å². The van der Waals surface area contributed by atoms with E-state index in [1.54, 1.807) is 0 Å². The van der Waals surface area contributed by atoms with Gasteiger partial charge >= 0.3 is 0 Å². The number of carbonyl (C=O) groups excluding carboxylic acids is 1. The monoisotopic (exact) mass is 471 g/mol. The number of hydrogen-bond acceptors (Lipinski definition) is 5. The molecule has 2 heterocycles. The average molecular weight is 472 g/mol. The quantitative estimate of drug-likeness (QED) is 0.435. The molecule has 3 aromatic rings. The van der Waals surface area contributed by atoms with Gasteiger partial charge in [0.25, 0.3) is 0 Å². The molecule has 0 radical (unpaired) electrons. The molecule has 4 rings (SSSR count). The van der Waals surface area contributed by atoms with Crippen molar-refractivity contribution in [3.8, 4) is 11.3 Å². The molecule has 1 aliphatic heterocycles. The number of rotatable bonds is 10. The van der Waals surface area contributed by atoms with Crippen LogP contribution in [0.4, 0.5) is 5.82 Å². The second-order valence-corrected chi connectivity index (χ2v) is 9.43. The Morgan fingerprint density at radius 1 is 1.06 bits per heavy atom. The summed E-state index contributed by atoms with van der Waals surface area (Å²) in [6.07, 6.45) is 2.86. The fraction of sp³-hybridized carbons (Fsp3) is 0.414. The average Bonchev–Trinajstić information content (AvgIpc) is 2.91. The fourth-order valence-electron chi connectivity index (χ4n) is 4.62. The highest BCUT2D eigenvalue weighted by Gasteiger charge is 2.26. The number of amides is 1. The molecule has 0 spiro atoms. The van der Waals surface area contributed by atoms with Crippen LogP contribution in [0.2, 0.25) is 0 Å². The maximum Gasteiger partial charge on any atom is 0.224 e. The van der Waals surface area contributed by atoms with Crippen molar-refractivity contribution in [1.82, 2.24) is 20.4 Å². The molecule has 0 aliphatic carbocycles. The van der Waals surface area contributed by atoms with Gasteiger partial charge in [-0.2, -0.15) is 0 Å². The summed E-state index contributed by atoms with van der Waals surface area (Å²) < 4.78 is 0. The normalized spacial score (nSPS) is 15.9. The highest BCUT2D eigenvalue weighted by Crippen LogP contribution is 2.23. The molecule has 1 aliphatic rings. The van der Waals surface area contributed by atoms with E-state index in [0.717, 1.165) is 62.5 Å². The first-order chi connectivity index (χ1) is 17.1. The smallest absolute Gasteiger partial charge is 0.224 e. The minimum atomic E-state index is -0.00563. The number of aromatic nitrogens is 2. The summed E-state index contributed by atoms with van der Waals surface area (Å²) in [5, 5.41) is 12.1. The molecule has 2 aromatic carbocycles. The Morgan fingerprint density at radius 3 is 2.57 bits per heavy atom. The van der Waals surface area contributed by atoms with Crippen LogP contribution in [0, 0.1) is 12.8 Å². The van der Waals surface area contributed by atoms with E-state index >= 15 is 0 Å². The number of hydrogen-bond donors (Lipinski definition) is 1. The van der Waals surface area contributed by atoms with Gasteiger partial charge in [0.2, 0.25) is 5.91 Å². The van der Waals surface area contributed by atoms with Crippen LogP contribution in [0.5, 0.6) is 0 Å². The van der Waals surface area contributed by atoms with Crippen LogP contribution in [0.25, 0.3) is 11.3 Å². The van der Waals surface area contributed by atoms with Crippen LogP contribution in [0.15, 0.2) is 66.7 Å². The lowest BCUT2D eigenvalue weighted by Crippen LogP contribution is -2.44. The van der Waals surface area contributed by atoms with Crippen molar-refractivity contribution in [3.63, 3.8) is 0 Å². The molecule has 6 nitrogen and oxygen atoms in total. The lowest BCUT2D eigenvalue weighted by molar-refractivity contribution is -0.125. The molecular formula is C29H37N5O. The zero-order chi connectivity index (χ0) is 24.5. The fourth-order valence-corrected chi connectivity index (χ4v) is 4.62. The molecule has 184 valence electrons. The summed E-state index contributed by atoms with van der Waals surface area (Å²) >= 11 is 0. The van der Waals surface area contributed by atoms with Gasteiger partial charge in [0.15, 0.2) is 5.82 Å². The summed E-state index contributed by atoms with van der Waals surface area (Å²) in [7, 11) is 0. The summed E-state index contributed by atoms with van der Waals surface area (Å²) in [6, 6.07) is 22.9. The maximum atomic E-state index is 12.9. The molecule has 1 fully saturated rings. The Morgan fingerprint density at radius 2 is 1.86 bits per heavy atom. The molecular weight excluding hydrogens is 434 g/mol. The predicted molar refractivity (Wildman–Crippen MR) is 142 cm³/mol. The zero-order valence-electron chi connectivity index (χ0n) is 21.0. The number of nitrogens with one attached hydrogen (secondary N) is 1. The maximum absolute atomic E-state index is 12.9. The Balaban J connectivity index is 1.23. The van der Waals surface area contributed by atoms with E-state index in [0.29, 0.717) is 13.1 Å². The van der Waals surface area contributed by atoms with E-state index in [-0.39, 0.29) is 11.8 Å². The summed E-state index contributed by atoms with van der Waals surface area (Å²) in [6.45, 7) is 9.52. The minimum absolute atomic E-state index is 0.00563. The van der Waals surface area contributed by atoms with Crippen molar-refractivity contribution >= 4 is 11.7 Å². The molecule has 1 amide bonds. The number of anilines is 1. The van der Waals surface area contributed by atoms with Crippen LogP contribution < -0.4 is 10.2 Å². The molecule has 1 aromatic heterocycles. The molecule has 0 saturated carbocycles. The third-order valence-electron chi connectivity index (χ3n) is 6.76. The zero-order valence-corrected chi connectivity index (χ0v) is 21.0. The first kappa shape index (κ1) is 24.9. The van der Waals surface area contributed by atoms with Crippen LogP contribution in [-0.4, -0.2) is 53.7 Å². The highest BCUT2D eigenvalue weighted by atomic mass is 16.1. The largest absolute Gasteiger partial charge is 0.356 e. The van der Waals surface area contributed by atoms with Crippen LogP contribution >= 0.6 is 0 Å². The van der Waals surface area contributed by atoms with Gasteiger partial charge in [-0.3, -0.25) is 9.69 Å². The lowest BCUT2D eigenvalue weighted by atomic mass is 9.97. The van der Waals surface area contributed by atoms with Crippen molar-refractivity contribution in [2.24, 2.45) is 5.92 Å². The van der Waals surface area contributed by atoms with E-state index < -0.39 is 0 Å². The summed E-state index contributed by atoms with van der Waals surface area (Å²) in [4.78, 5) is 17.5. The van der Waals surface area contributed by atoms with Crippen LogP contribution in [-0.2, 0) is 11.3 Å². The Bertz CT molecular complexity index is 1050. The van der Waals surface area contributed by atoms with Gasteiger partial charge in [-0.1, -0.05) is 67.1 Å². The van der Waals surface area contributed by atoms with Crippen molar-refractivity contribution < 1.29 is 4.79 Å². The Hall–Kier alpha value is -3.25. The SMILES string of the molecule is CCN(CCCNC(=O)[C@H]1CCCN(c2ccc(-c3ccc(C)cc3)nn2)C1)Cc1ccccc1. The Kier molecular flexibility index (Phi) is 8.85. The molecule has 6 heteroatoms. The second kappa shape index (κ2) is 12.5. The van der Waals surface area contributed by atoms with Gasteiger partial charge in [-0.25, -0.2) is 0 Å². The number of benzene rings is 2. The number of aryl methyl sites for hydroxylation is 1. The predicted octanol–water partition coefficient (Wildman–Crippen LogP) is 4.70. The van der Waals surface area contributed by atoms with Gasteiger partial charge in [0, 0.05) is 38.3 Å². The minimum Gasteiger partial charge on any atom is -0.356 e. The first-order valence-corrected chi connectivity index (χ1v) is 12.8. The highest BCUT2D eigenvalue weighted by molar-refractivity contribution is 5.79. The van der Waals surface area contributed by atoms with Gasteiger partial charge in [0.05, 0.1) is 11.6 Å². The van der Waals surface area contributed by atoms with E-state index in [2.05, 4.69) is 93.8 Å². The number of nitrogens with zero attached hydrogens (tertiary/aromatic N) is 4. The van der Waals surface area contributed by atoms with Crippen molar-refractivity contribution in [3.05, 3.63) is 77.9 Å². The second-order valence-electron chi connectivity index (χ2n) is 9.43. The molecule has 1 saturated heterocycles. The lowest BCUT2D eigenvalue weighted by Gasteiger charge is -2.32. The van der Waals surface area contributed by atoms with Crippen LogP contribution in [0.3, 0.4) is 0 Å². The Labute approximate surface area is 209 Å². The van der Waals surface area contributed by atoms with E-state index in [1.807, 2.05) is 12.1 Å². The van der Waals surface area contributed by atoms with Gasteiger partial charge in [0.1, 0.15) is 0 Å². The molecule has 0 unspecified atom stereocenters. The molecule has 35 heavy (non-hydrogen) atoms. The van der Waals surface area contributed by atoms with Gasteiger partial charge in [-0.05, 0) is 50.4 Å². The third kappa shape index (κ3) is 7.12. The standard InChI is InChI=1S/C29H37N5O/c1-3-33(21-24-9-5-4-6-10-24)19-8-18-30-29(35)26-11-7-20-34(22-26)28-17-16-27(31-32-28)25-14-12-23(2)13-15-25/h4-6,9-10,12-17,26H,3,7-8,11,18-22H2,1-2H3,(H,30,35)/t26-/m0/s1. The van der Waals surface area contributed by atoms with Gasteiger partial charge < -0.3 is 10.2 Å². The number of carbonyl (C=O) groups is 1. The van der Waals surface area contributed by atoms with Crippen molar-refractivity contribution in [2.75, 3.05) is 37.6 Å². The topological polar surface area (TPSA) is 61.4 Å². The summed E-state index contributed by atoms with van der Waals surface area (Å²) in [5.74, 6) is 0.997. The molecule has 0 bridgehead atoms. The molecule has 1 atom stereocenters. The first-order valence-electron chi connectivity index (χ1n) is 12.8. The number of piperidine rings is 1. The summed E-state index contributed by atoms with van der Waals surface area (Å²) in [5.41, 5.74) is 4.49. The molecule has 1 N–H and O–H groups in total. The van der Waals surface area contributed by atoms with Crippen LogP contribution in [0.1, 0.15) is 37.3 Å². The van der Waals surface area contributed by atoms with Crippen molar-refractivity contribution in [2.45, 2.75) is 39.7 Å². The van der Waals surface area contributed by atoms with E-state index in [4.69, 9.17) is 0 Å².